The van der Waals surface area contributed by atoms with Crippen LogP contribution in [-0.4, -0.2) is 48.3 Å². The van der Waals surface area contributed by atoms with Gasteiger partial charge in [0.05, 0.1) is 6.42 Å². The lowest BCUT2D eigenvalue weighted by Gasteiger charge is -2.34. The van der Waals surface area contributed by atoms with Gasteiger partial charge >= 0.3 is 0 Å². The van der Waals surface area contributed by atoms with Gasteiger partial charge in [0, 0.05) is 26.1 Å². The Labute approximate surface area is 153 Å². The first-order valence-electron chi connectivity index (χ1n) is 9.09. The number of halogens is 1. The average molecular weight is 363 g/mol. The van der Waals surface area contributed by atoms with E-state index in [1.165, 1.54) is 12.1 Å². The van der Waals surface area contributed by atoms with E-state index >= 15 is 0 Å². The van der Waals surface area contributed by atoms with Gasteiger partial charge in [-0.05, 0) is 37.0 Å². The predicted molar refractivity (Wildman–Crippen MR) is 95.8 cm³/mol. The van der Waals surface area contributed by atoms with E-state index < -0.39 is 6.04 Å². The van der Waals surface area contributed by atoms with Gasteiger partial charge in [0.25, 0.3) is 0 Å². The molecule has 142 valence electrons. The molecule has 1 aliphatic heterocycles. The molecule has 1 saturated heterocycles. The number of carbonyl (C=O) groups is 3. The molecule has 3 amide bonds. The monoisotopic (exact) mass is 363 g/mol. The smallest absolute Gasteiger partial charge is 0.242 e. The van der Waals surface area contributed by atoms with E-state index in [0.717, 1.165) is 12.8 Å². The van der Waals surface area contributed by atoms with E-state index in [9.17, 15) is 18.8 Å². The lowest BCUT2D eigenvalue weighted by molar-refractivity contribution is -0.142. The fourth-order valence-electron chi connectivity index (χ4n) is 3.11. The Morgan fingerprint density at radius 2 is 1.96 bits per heavy atom. The van der Waals surface area contributed by atoms with Gasteiger partial charge in [0.1, 0.15) is 11.9 Å². The van der Waals surface area contributed by atoms with E-state index in [1.54, 1.807) is 24.0 Å². The number of piperidine rings is 1. The third-order valence-electron chi connectivity index (χ3n) is 4.43. The van der Waals surface area contributed by atoms with Crippen LogP contribution in [0.5, 0.6) is 0 Å². The Balaban J connectivity index is 1.72. The van der Waals surface area contributed by atoms with Crippen molar-refractivity contribution in [3.05, 3.63) is 35.6 Å². The van der Waals surface area contributed by atoms with Crippen molar-refractivity contribution in [3.63, 3.8) is 0 Å². The minimum atomic E-state index is -0.417. The topological polar surface area (TPSA) is 78.5 Å². The second-order valence-electron chi connectivity index (χ2n) is 6.40. The Morgan fingerprint density at radius 1 is 1.19 bits per heavy atom. The van der Waals surface area contributed by atoms with Gasteiger partial charge in [-0.2, -0.15) is 0 Å². The van der Waals surface area contributed by atoms with Crippen molar-refractivity contribution in [2.24, 2.45) is 0 Å². The predicted octanol–water partition coefficient (Wildman–Crippen LogP) is 1.39. The molecular weight excluding hydrogens is 337 g/mol. The number of hydrogen-bond donors (Lipinski definition) is 2. The molecule has 26 heavy (non-hydrogen) atoms. The molecule has 1 aromatic rings. The maximum atomic E-state index is 13.1. The summed E-state index contributed by atoms with van der Waals surface area (Å²) in [6.45, 7) is 2.99. The molecule has 7 heteroatoms. The van der Waals surface area contributed by atoms with Crippen molar-refractivity contribution in [1.29, 1.82) is 0 Å². The summed E-state index contributed by atoms with van der Waals surface area (Å²) in [5.74, 6) is -0.786. The number of hydrogen-bond acceptors (Lipinski definition) is 3. The maximum absolute atomic E-state index is 13.1. The van der Waals surface area contributed by atoms with Crippen molar-refractivity contribution in [2.75, 3.05) is 19.6 Å². The van der Waals surface area contributed by atoms with Crippen LogP contribution in [0.3, 0.4) is 0 Å². The maximum Gasteiger partial charge on any atom is 0.242 e. The highest BCUT2D eigenvalue weighted by Gasteiger charge is 2.30. The molecule has 2 rings (SSSR count). The first-order valence-corrected chi connectivity index (χ1v) is 9.09. The number of likely N-dealkylation sites (tertiary alicyclic amines) is 1. The van der Waals surface area contributed by atoms with Crippen molar-refractivity contribution < 1.29 is 18.8 Å². The molecule has 1 aromatic carbocycles. The number of nitrogens with zero attached hydrogens (tertiary/aromatic N) is 1. The lowest BCUT2D eigenvalue weighted by atomic mass is 10.0. The summed E-state index contributed by atoms with van der Waals surface area (Å²) >= 11 is 0. The molecule has 0 aliphatic carbocycles. The minimum absolute atomic E-state index is 0.00625. The largest absolute Gasteiger partial charge is 0.354 e. The van der Waals surface area contributed by atoms with Crippen molar-refractivity contribution >= 4 is 17.7 Å². The second-order valence-corrected chi connectivity index (χ2v) is 6.40. The fourth-order valence-corrected chi connectivity index (χ4v) is 3.11. The van der Waals surface area contributed by atoms with E-state index in [4.69, 9.17) is 0 Å². The summed E-state index contributed by atoms with van der Waals surface area (Å²) in [7, 11) is 0. The zero-order valence-electron chi connectivity index (χ0n) is 15.1. The zero-order chi connectivity index (χ0) is 18.9. The van der Waals surface area contributed by atoms with Crippen LogP contribution in [0.4, 0.5) is 4.39 Å². The first-order chi connectivity index (χ1) is 12.5. The summed E-state index contributed by atoms with van der Waals surface area (Å²) in [6.07, 6.45) is 3.00. The second kappa shape index (κ2) is 9.89. The molecule has 1 atom stereocenters. The van der Waals surface area contributed by atoms with Gasteiger partial charge in [-0.15, -0.1) is 0 Å². The highest BCUT2D eigenvalue weighted by molar-refractivity contribution is 5.87. The van der Waals surface area contributed by atoms with Crippen LogP contribution < -0.4 is 10.6 Å². The number of benzene rings is 1. The van der Waals surface area contributed by atoms with Crippen molar-refractivity contribution in [1.82, 2.24) is 15.5 Å². The molecule has 2 N–H and O–H groups in total. The van der Waals surface area contributed by atoms with Crippen LogP contribution in [-0.2, 0) is 20.8 Å². The van der Waals surface area contributed by atoms with Crippen LogP contribution in [0.2, 0.25) is 0 Å². The SMILES string of the molecule is CCC(=O)N1CCCCC1C(=O)NCCNC(=O)Cc1cccc(F)c1. The molecule has 1 aliphatic rings. The van der Waals surface area contributed by atoms with Gasteiger partial charge in [-0.25, -0.2) is 4.39 Å². The summed E-state index contributed by atoms with van der Waals surface area (Å²) in [5, 5.41) is 5.48. The zero-order valence-corrected chi connectivity index (χ0v) is 15.1. The van der Waals surface area contributed by atoms with E-state index in [-0.39, 0.29) is 36.5 Å². The van der Waals surface area contributed by atoms with E-state index in [2.05, 4.69) is 10.6 Å². The summed E-state index contributed by atoms with van der Waals surface area (Å²) in [6, 6.07) is 5.48. The molecule has 0 aromatic heterocycles. The number of rotatable bonds is 7. The highest BCUT2D eigenvalue weighted by atomic mass is 19.1. The molecule has 1 fully saturated rings. The van der Waals surface area contributed by atoms with Gasteiger partial charge in [0.15, 0.2) is 0 Å². The fraction of sp³-hybridized carbons (Fsp3) is 0.526. The van der Waals surface area contributed by atoms with Gasteiger partial charge in [0.2, 0.25) is 17.7 Å². The molecule has 0 bridgehead atoms. The molecular formula is C19H26FN3O3. The summed E-state index contributed by atoms with van der Waals surface area (Å²) in [5.41, 5.74) is 0.600. The van der Waals surface area contributed by atoms with Crippen molar-refractivity contribution in [3.8, 4) is 0 Å². The number of amides is 3. The minimum Gasteiger partial charge on any atom is -0.354 e. The van der Waals surface area contributed by atoms with Crippen LogP contribution in [0.25, 0.3) is 0 Å². The van der Waals surface area contributed by atoms with Crippen LogP contribution in [0, 0.1) is 5.82 Å². The summed E-state index contributed by atoms with van der Waals surface area (Å²) < 4.78 is 13.1. The molecule has 1 heterocycles. The Kier molecular flexibility index (Phi) is 7.56. The molecule has 0 spiro atoms. The Bertz CT molecular complexity index is 651. The average Bonchev–Trinajstić information content (AvgIpc) is 2.64. The number of nitrogens with one attached hydrogen (secondary N) is 2. The summed E-state index contributed by atoms with van der Waals surface area (Å²) in [4.78, 5) is 37.8. The molecule has 6 nitrogen and oxygen atoms in total. The quantitative estimate of drug-likeness (QED) is 0.719. The van der Waals surface area contributed by atoms with Crippen molar-refractivity contribution in [2.45, 2.75) is 45.1 Å². The first kappa shape index (κ1) is 19.9. The highest BCUT2D eigenvalue weighted by Crippen LogP contribution is 2.18. The van der Waals surface area contributed by atoms with Gasteiger partial charge in [-0.3, -0.25) is 14.4 Å². The number of carbonyl (C=O) groups excluding carboxylic acids is 3. The van der Waals surface area contributed by atoms with E-state index in [0.29, 0.717) is 31.5 Å². The van der Waals surface area contributed by atoms with Crippen LogP contribution >= 0.6 is 0 Å². The van der Waals surface area contributed by atoms with E-state index in [1.807, 2.05) is 0 Å². The molecule has 1 unspecified atom stereocenters. The Morgan fingerprint density at radius 3 is 2.69 bits per heavy atom. The van der Waals surface area contributed by atoms with Crippen LogP contribution in [0.15, 0.2) is 24.3 Å². The lowest BCUT2D eigenvalue weighted by Crippen LogP contribution is -2.52. The normalized spacial score (nSPS) is 16.8. The molecule has 0 radical (unpaired) electrons. The third kappa shape index (κ3) is 5.82. The standard InChI is InChI=1S/C19H26FN3O3/c1-2-18(25)23-11-4-3-8-16(23)19(26)22-10-9-21-17(24)13-14-6-5-7-15(20)12-14/h5-7,12,16H,2-4,8-11,13H2,1H3,(H,21,24)(H,22,26). The van der Waals surface area contributed by atoms with Crippen LogP contribution in [0.1, 0.15) is 38.2 Å². The van der Waals surface area contributed by atoms with Gasteiger partial charge in [-0.1, -0.05) is 19.1 Å². The molecule has 0 saturated carbocycles. The third-order valence-corrected chi connectivity index (χ3v) is 4.43. The van der Waals surface area contributed by atoms with Gasteiger partial charge < -0.3 is 15.5 Å². The Hall–Kier alpha value is -2.44.